The van der Waals surface area contributed by atoms with E-state index >= 15 is 0 Å². The Bertz CT molecular complexity index is 702. The number of halogens is 3. The summed E-state index contributed by atoms with van der Waals surface area (Å²) < 4.78 is 85.3. The highest BCUT2D eigenvalue weighted by atomic mass is 32.2. The Morgan fingerprint density at radius 3 is 2.15 bits per heavy atom. The van der Waals surface area contributed by atoms with Gasteiger partial charge in [-0.25, -0.2) is 0 Å². The normalized spacial score (nSPS) is 24.2. The average molecular weight is 414 g/mol. The van der Waals surface area contributed by atoms with Crippen molar-refractivity contribution in [2.24, 2.45) is 5.92 Å². The van der Waals surface area contributed by atoms with E-state index in [1.54, 1.807) is 0 Å². The van der Waals surface area contributed by atoms with Gasteiger partial charge in [-0.2, -0.15) is 21.6 Å². The molecule has 3 atom stereocenters. The van der Waals surface area contributed by atoms with Gasteiger partial charge in [-0.05, 0) is 30.5 Å². The molecule has 0 aromatic heterocycles. The van der Waals surface area contributed by atoms with Crippen molar-refractivity contribution in [1.29, 1.82) is 0 Å². The first kappa shape index (κ1) is 21.9. The molecule has 1 aliphatic heterocycles. The first-order valence-electron chi connectivity index (χ1n) is 7.97. The second kappa shape index (κ2) is 8.74. The molecule has 1 saturated heterocycles. The predicted molar refractivity (Wildman–Crippen MR) is 87.2 cm³/mol. The van der Waals surface area contributed by atoms with E-state index in [1.165, 1.54) is 33.5 Å². The van der Waals surface area contributed by atoms with Crippen molar-refractivity contribution in [3.8, 4) is 5.75 Å². The van der Waals surface area contributed by atoms with Gasteiger partial charge in [0.15, 0.2) is 12.6 Å². The Morgan fingerprint density at radius 1 is 1.07 bits per heavy atom. The predicted octanol–water partition coefficient (Wildman–Crippen LogP) is 2.97. The largest absolute Gasteiger partial charge is 0.534 e. The molecule has 27 heavy (non-hydrogen) atoms. The number of benzene rings is 1. The van der Waals surface area contributed by atoms with Crippen molar-refractivity contribution >= 4 is 10.1 Å². The molecule has 2 rings (SSSR count). The fourth-order valence-electron chi connectivity index (χ4n) is 2.92. The quantitative estimate of drug-likeness (QED) is 0.386. The molecule has 0 aliphatic carbocycles. The molecule has 11 heteroatoms. The molecule has 0 spiro atoms. The minimum absolute atomic E-state index is 0.197. The zero-order chi connectivity index (χ0) is 20.2. The highest BCUT2D eigenvalue weighted by Gasteiger charge is 2.48. The molecule has 0 bridgehead atoms. The molecule has 0 saturated carbocycles. The number of rotatable bonds is 7. The topological polar surface area (TPSA) is 80.3 Å². The van der Waals surface area contributed by atoms with E-state index < -0.39 is 40.1 Å². The summed E-state index contributed by atoms with van der Waals surface area (Å²) in [6.45, 7) is 0. The number of alkyl halides is 3. The van der Waals surface area contributed by atoms with E-state index in [-0.39, 0.29) is 5.92 Å². The molecule has 154 valence electrons. The summed E-state index contributed by atoms with van der Waals surface area (Å²) in [5.41, 5.74) is -4.91. The van der Waals surface area contributed by atoms with Gasteiger partial charge in [-0.3, -0.25) is 0 Å². The zero-order valence-electron chi connectivity index (χ0n) is 14.9. The molecule has 1 aromatic carbocycles. The van der Waals surface area contributed by atoms with Crippen LogP contribution < -0.4 is 4.18 Å². The first-order valence-corrected chi connectivity index (χ1v) is 9.38. The monoisotopic (exact) mass is 414 g/mol. The zero-order valence-corrected chi connectivity index (χ0v) is 15.7. The molecule has 0 radical (unpaired) electrons. The van der Waals surface area contributed by atoms with Crippen LogP contribution in [0.2, 0.25) is 0 Å². The maximum Gasteiger partial charge on any atom is 0.534 e. The Morgan fingerprint density at radius 2 is 1.67 bits per heavy atom. The fourth-order valence-corrected chi connectivity index (χ4v) is 3.38. The van der Waals surface area contributed by atoms with Gasteiger partial charge in [0, 0.05) is 27.2 Å². The summed E-state index contributed by atoms with van der Waals surface area (Å²) in [4.78, 5) is 0. The van der Waals surface area contributed by atoms with Crippen LogP contribution in [0.1, 0.15) is 24.5 Å². The lowest BCUT2D eigenvalue weighted by molar-refractivity contribution is -0.245. The van der Waals surface area contributed by atoms with Crippen LogP contribution in [-0.4, -0.2) is 47.8 Å². The van der Waals surface area contributed by atoms with Crippen molar-refractivity contribution in [3.05, 3.63) is 29.8 Å². The van der Waals surface area contributed by atoms with Crippen molar-refractivity contribution in [3.63, 3.8) is 0 Å². The maximum absolute atomic E-state index is 12.4. The maximum atomic E-state index is 12.4. The molecule has 7 nitrogen and oxygen atoms in total. The van der Waals surface area contributed by atoms with Gasteiger partial charge in [-0.15, -0.1) is 0 Å². The van der Waals surface area contributed by atoms with Gasteiger partial charge in [0.25, 0.3) is 0 Å². The van der Waals surface area contributed by atoms with Crippen LogP contribution >= 0.6 is 0 Å². The van der Waals surface area contributed by atoms with Gasteiger partial charge in [-0.1, -0.05) is 12.1 Å². The van der Waals surface area contributed by atoms with Gasteiger partial charge in [0.05, 0.1) is 6.10 Å². The summed E-state index contributed by atoms with van der Waals surface area (Å²) in [6, 6.07) is 5.12. The second-order valence-electron chi connectivity index (χ2n) is 5.86. The summed E-state index contributed by atoms with van der Waals surface area (Å²) in [5, 5.41) is 0. The molecule has 0 N–H and O–H groups in total. The molecule has 1 aromatic rings. The Balaban J connectivity index is 2.23. The SMILES string of the molecule is COC(OC)[C@H]1CC[C@H](OC)O[C@H]1c1ccc(OS(=O)(=O)C(F)(F)F)cc1. The molecule has 0 amide bonds. The highest BCUT2D eigenvalue weighted by molar-refractivity contribution is 7.88. The van der Waals surface area contributed by atoms with Crippen molar-refractivity contribution < 1.29 is 44.7 Å². The van der Waals surface area contributed by atoms with E-state index in [1.807, 2.05) is 0 Å². The minimum Gasteiger partial charge on any atom is -0.376 e. The molecule has 0 unspecified atom stereocenters. The fraction of sp³-hybridized carbons (Fsp3) is 0.625. The van der Waals surface area contributed by atoms with Crippen molar-refractivity contribution in [2.45, 2.75) is 37.0 Å². The molecule has 1 heterocycles. The number of methoxy groups -OCH3 is 3. The van der Waals surface area contributed by atoms with E-state index in [2.05, 4.69) is 4.18 Å². The third-order valence-electron chi connectivity index (χ3n) is 4.20. The summed E-state index contributed by atoms with van der Waals surface area (Å²) in [5.74, 6) is -0.654. The number of hydrogen-bond donors (Lipinski definition) is 0. The lowest BCUT2D eigenvalue weighted by Gasteiger charge is -2.38. The summed E-state index contributed by atoms with van der Waals surface area (Å²) in [7, 11) is -1.23. The second-order valence-corrected chi connectivity index (χ2v) is 7.39. The molecule has 1 fully saturated rings. The van der Waals surface area contributed by atoms with Crippen LogP contribution in [0, 0.1) is 5.92 Å². The molecular formula is C16H21F3O7S. The summed E-state index contributed by atoms with van der Waals surface area (Å²) in [6.07, 6.45) is -0.263. The average Bonchev–Trinajstić information content (AvgIpc) is 2.62. The van der Waals surface area contributed by atoms with Gasteiger partial charge in [0.1, 0.15) is 5.75 Å². The van der Waals surface area contributed by atoms with Gasteiger partial charge >= 0.3 is 15.6 Å². The Labute approximate surface area is 155 Å². The molecule has 1 aliphatic rings. The highest BCUT2D eigenvalue weighted by Crippen LogP contribution is 2.40. The van der Waals surface area contributed by atoms with Crippen LogP contribution in [-0.2, 0) is 29.1 Å². The van der Waals surface area contributed by atoms with Crippen LogP contribution in [0.25, 0.3) is 0 Å². The number of ether oxygens (including phenoxy) is 4. The molecular weight excluding hydrogens is 393 g/mol. The third kappa shape index (κ3) is 5.11. The van der Waals surface area contributed by atoms with Crippen molar-refractivity contribution in [2.75, 3.05) is 21.3 Å². The van der Waals surface area contributed by atoms with Gasteiger partial charge < -0.3 is 23.1 Å². The lowest BCUT2D eigenvalue weighted by Crippen LogP contribution is -2.38. The summed E-state index contributed by atoms with van der Waals surface area (Å²) >= 11 is 0. The number of hydrogen-bond acceptors (Lipinski definition) is 7. The van der Waals surface area contributed by atoms with Crippen LogP contribution in [0.15, 0.2) is 24.3 Å². The van der Waals surface area contributed by atoms with Crippen LogP contribution in [0.3, 0.4) is 0 Å². The lowest BCUT2D eigenvalue weighted by atomic mass is 9.88. The minimum atomic E-state index is -5.72. The first-order chi connectivity index (χ1) is 12.6. The standard InChI is InChI=1S/C16H21F3O7S/c1-22-13-9-8-12(15(23-2)24-3)14(25-13)10-4-6-11(7-5-10)26-27(20,21)16(17,18)19/h4-7,12-15H,8-9H2,1-3H3/t12-,13+,14-/m0/s1. The van der Waals surface area contributed by atoms with E-state index in [9.17, 15) is 21.6 Å². The van der Waals surface area contributed by atoms with Gasteiger partial charge in [0.2, 0.25) is 0 Å². The smallest absolute Gasteiger partial charge is 0.376 e. The van der Waals surface area contributed by atoms with Crippen molar-refractivity contribution in [1.82, 2.24) is 0 Å². The third-order valence-corrected chi connectivity index (χ3v) is 5.18. The van der Waals surface area contributed by atoms with E-state index in [0.717, 1.165) is 12.1 Å². The van der Waals surface area contributed by atoms with E-state index in [0.29, 0.717) is 18.4 Å². The van der Waals surface area contributed by atoms with Crippen LogP contribution in [0.5, 0.6) is 5.75 Å². The Kier molecular flexibility index (Phi) is 7.09. The van der Waals surface area contributed by atoms with E-state index in [4.69, 9.17) is 18.9 Å². The van der Waals surface area contributed by atoms with Crippen LogP contribution in [0.4, 0.5) is 13.2 Å². The Hall–Kier alpha value is -1.40.